The highest BCUT2D eigenvalue weighted by atomic mass is 16.3. The van der Waals surface area contributed by atoms with E-state index >= 15 is 0 Å². The summed E-state index contributed by atoms with van der Waals surface area (Å²) >= 11 is 0. The molecule has 0 bridgehead atoms. The molecule has 0 aromatic rings. The van der Waals surface area contributed by atoms with Gasteiger partial charge in [-0.05, 0) is 25.7 Å². The summed E-state index contributed by atoms with van der Waals surface area (Å²) in [5.41, 5.74) is -0.820. The third-order valence-corrected chi connectivity index (χ3v) is 4.82. The number of hydrogen-bond donors (Lipinski definition) is 2. The van der Waals surface area contributed by atoms with Gasteiger partial charge in [0.1, 0.15) is 5.41 Å². The molecule has 2 N–H and O–H groups in total. The Morgan fingerprint density at radius 1 is 1.21 bits per heavy atom. The van der Waals surface area contributed by atoms with Crippen molar-refractivity contribution >= 4 is 5.91 Å². The molecule has 0 spiro atoms. The Labute approximate surface area is 115 Å². The van der Waals surface area contributed by atoms with Crippen LogP contribution < -0.4 is 5.32 Å². The number of nitrogens with zero attached hydrogens (tertiary/aromatic N) is 1. The Bertz CT molecular complexity index is 354. The van der Waals surface area contributed by atoms with Gasteiger partial charge >= 0.3 is 0 Å². The van der Waals surface area contributed by atoms with Crippen molar-refractivity contribution in [3.05, 3.63) is 0 Å². The summed E-state index contributed by atoms with van der Waals surface area (Å²) in [5, 5.41) is 21.8. The van der Waals surface area contributed by atoms with E-state index in [1.165, 1.54) is 0 Å². The summed E-state index contributed by atoms with van der Waals surface area (Å²) in [5.74, 6) is 0.0766. The predicted octanol–water partition coefficient (Wildman–Crippen LogP) is 2.13. The van der Waals surface area contributed by atoms with Gasteiger partial charge < -0.3 is 10.4 Å². The number of hydrogen-bond acceptors (Lipinski definition) is 3. The van der Waals surface area contributed by atoms with Crippen molar-refractivity contribution < 1.29 is 9.90 Å². The summed E-state index contributed by atoms with van der Waals surface area (Å²) in [6.45, 7) is 0.129. The zero-order valence-electron chi connectivity index (χ0n) is 11.5. The number of aliphatic hydroxyl groups excluding tert-OH is 1. The van der Waals surface area contributed by atoms with Crippen LogP contribution in [0.5, 0.6) is 0 Å². The van der Waals surface area contributed by atoms with Crippen molar-refractivity contribution in [1.82, 2.24) is 5.32 Å². The van der Waals surface area contributed by atoms with Gasteiger partial charge in [0.2, 0.25) is 5.91 Å². The highest BCUT2D eigenvalue weighted by molar-refractivity contribution is 5.85. The Kier molecular flexibility index (Phi) is 4.81. The zero-order chi connectivity index (χ0) is 13.7. The van der Waals surface area contributed by atoms with Gasteiger partial charge in [0.15, 0.2) is 0 Å². The smallest absolute Gasteiger partial charge is 0.240 e. The average molecular weight is 264 g/mol. The van der Waals surface area contributed by atoms with Crippen molar-refractivity contribution in [1.29, 1.82) is 5.26 Å². The van der Waals surface area contributed by atoms with Gasteiger partial charge in [-0.15, -0.1) is 0 Å². The molecule has 2 unspecified atom stereocenters. The molecule has 19 heavy (non-hydrogen) atoms. The fourth-order valence-electron chi connectivity index (χ4n) is 3.47. The van der Waals surface area contributed by atoms with Gasteiger partial charge in [0.25, 0.3) is 0 Å². The molecule has 2 aliphatic carbocycles. The molecule has 0 heterocycles. The first kappa shape index (κ1) is 14.3. The second-order valence-corrected chi connectivity index (χ2v) is 6.06. The van der Waals surface area contributed by atoms with E-state index in [9.17, 15) is 15.2 Å². The first-order valence-electron chi connectivity index (χ1n) is 7.55. The molecule has 2 rings (SSSR count). The molecule has 0 aliphatic heterocycles. The lowest BCUT2D eigenvalue weighted by molar-refractivity contribution is -0.129. The van der Waals surface area contributed by atoms with E-state index in [-0.39, 0.29) is 24.5 Å². The third kappa shape index (κ3) is 3.09. The number of carbonyl (C=O) groups excluding carboxylic acids is 1. The van der Waals surface area contributed by atoms with E-state index in [0.29, 0.717) is 12.8 Å². The van der Waals surface area contributed by atoms with Gasteiger partial charge in [-0.2, -0.15) is 5.26 Å². The molecule has 2 fully saturated rings. The fourth-order valence-corrected chi connectivity index (χ4v) is 3.47. The van der Waals surface area contributed by atoms with Crippen LogP contribution in [0, 0.1) is 22.7 Å². The van der Waals surface area contributed by atoms with Gasteiger partial charge in [-0.25, -0.2) is 0 Å². The van der Waals surface area contributed by atoms with Crippen LogP contribution in [0.1, 0.15) is 57.8 Å². The van der Waals surface area contributed by atoms with Crippen LogP contribution in [0.25, 0.3) is 0 Å². The van der Waals surface area contributed by atoms with E-state index in [0.717, 1.165) is 44.9 Å². The largest absolute Gasteiger partial charge is 0.396 e. The standard InChI is InChI=1S/C15H24N2O2/c16-11-15(8-3-1-2-4-9-15)14(19)17-13-7-5-6-12(13)10-18/h12-13,18H,1-10H2,(H,17,19). The minimum Gasteiger partial charge on any atom is -0.396 e. The molecule has 2 aliphatic rings. The van der Waals surface area contributed by atoms with E-state index in [1.807, 2.05) is 0 Å². The quantitative estimate of drug-likeness (QED) is 0.767. The van der Waals surface area contributed by atoms with Crippen molar-refractivity contribution in [3.8, 4) is 6.07 Å². The summed E-state index contributed by atoms with van der Waals surface area (Å²) in [4.78, 5) is 12.5. The first-order valence-corrected chi connectivity index (χ1v) is 7.55. The summed E-state index contributed by atoms with van der Waals surface area (Å²) in [6.07, 6.45) is 8.51. The molecule has 4 heteroatoms. The molecule has 0 saturated heterocycles. The van der Waals surface area contributed by atoms with Crippen molar-refractivity contribution in [2.24, 2.45) is 11.3 Å². The number of nitriles is 1. The molecule has 1 amide bonds. The summed E-state index contributed by atoms with van der Waals surface area (Å²) in [7, 11) is 0. The number of carbonyl (C=O) groups is 1. The minimum atomic E-state index is -0.820. The van der Waals surface area contributed by atoms with Crippen LogP contribution in [0.2, 0.25) is 0 Å². The number of amides is 1. The normalized spacial score (nSPS) is 30.3. The maximum absolute atomic E-state index is 12.5. The van der Waals surface area contributed by atoms with Crippen LogP contribution in [0.15, 0.2) is 0 Å². The Morgan fingerprint density at radius 3 is 2.47 bits per heavy atom. The molecule has 0 aromatic carbocycles. The van der Waals surface area contributed by atoms with E-state index in [4.69, 9.17) is 0 Å². The zero-order valence-corrected chi connectivity index (χ0v) is 11.5. The lowest BCUT2D eigenvalue weighted by atomic mass is 9.80. The fraction of sp³-hybridized carbons (Fsp3) is 0.867. The lowest BCUT2D eigenvalue weighted by Gasteiger charge is -2.27. The van der Waals surface area contributed by atoms with Crippen molar-refractivity contribution in [2.45, 2.75) is 63.8 Å². The highest BCUT2D eigenvalue weighted by Gasteiger charge is 2.41. The minimum absolute atomic E-state index is 0.0611. The number of rotatable bonds is 3. The highest BCUT2D eigenvalue weighted by Crippen LogP contribution is 2.35. The monoisotopic (exact) mass is 264 g/mol. The Hall–Kier alpha value is -1.08. The van der Waals surface area contributed by atoms with E-state index < -0.39 is 5.41 Å². The molecular formula is C15H24N2O2. The molecule has 2 atom stereocenters. The molecule has 2 saturated carbocycles. The van der Waals surface area contributed by atoms with Crippen LogP contribution in [-0.2, 0) is 4.79 Å². The maximum atomic E-state index is 12.5. The van der Waals surface area contributed by atoms with Gasteiger partial charge in [-0.1, -0.05) is 32.1 Å². The second kappa shape index (κ2) is 6.38. The molecule has 106 valence electrons. The van der Waals surface area contributed by atoms with Crippen LogP contribution >= 0.6 is 0 Å². The van der Waals surface area contributed by atoms with E-state index in [2.05, 4.69) is 11.4 Å². The van der Waals surface area contributed by atoms with Crippen LogP contribution in [0.3, 0.4) is 0 Å². The summed E-state index contributed by atoms with van der Waals surface area (Å²) < 4.78 is 0. The van der Waals surface area contributed by atoms with Gasteiger partial charge in [-0.3, -0.25) is 4.79 Å². The average Bonchev–Trinajstić information content (AvgIpc) is 2.73. The molecule has 0 aromatic heterocycles. The van der Waals surface area contributed by atoms with Crippen molar-refractivity contribution in [3.63, 3.8) is 0 Å². The SMILES string of the molecule is N#CC1(C(=O)NC2CCCC2CO)CCCCCC1. The van der Waals surface area contributed by atoms with E-state index in [1.54, 1.807) is 0 Å². The Balaban J connectivity index is 2.02. The summed E-state index contributed by atoms with van der Waals surface area (Å²) in [6, 6.07) is 2.35. The molecular weight excluding hydrogens is 240 g/mol. The van der Waals surface area contributed by atoms with Gasteiger partial charge in [0.05, 0.1) is 6.07 Å². The lowest BCUT2D eigenvalue weighted by Crippen LogP contribution is -2.46. The van der Waals surface area contributed by atoms with Gasteiger partial charge in [0, 0.05) is 18.6 Å². The second-order valence-electron chi connectivity index (χ2n) is 6.06. The first-order chi connectivity index (χ1) is 9.22. The third-order valence-electron chi connectivity index (χ3n) is 4.82. The topological polar surface area (TPSA) is 73.1 Å². The van der Waals surface area contributed by atoms with Crippen LogP contribution in [-0.4, -0.2) is 23.7 Å². The molecule has 4 nitrogen and oxygen atoms in total. The molecule has 0 radical (unpaired) electrons. The van der Waals surface area contributed by atoms with Crippen LogP contribution in [0.4, 0.5) is 0 Å². The number of nitrogens with one attached hydrogen (secondary N) is 1. The Morgan fingerprint density at radius 2 is 1.89 bits per heavy atom. The number of aliphatic hydroxyl groups is 1. The maximum Gasteiger partial charge on any atom is 0.240 e. The van der Waals surface area contributed by atoms with Crippen molar-refractivity contribution in [2.75, 3.05) is 6.61 Å². The predicted molar refractivity (Wildman–Crippen MR) is 72.1 cm³/mol.